The van der Waals surface area contributed by atoms with E-state index in [0.29, 0.717) is 23.0 Å². The maximum absolute atomic E-state index is 12.9. The van der Waals surface area contributed by atoms with Crippen LogP contribution in [0.25, 0.3) is 0 Å². The fourth-order valence-corrected chi connectivity index (χ4v) is 4.74. The standard InChI is InChI=1S/C24H30ClN5O3/c1-29(2)22(31)24(11-12-24)30-13-10-21(19(15-30)20-9-8-18(33-3)14-26-20)28-23(32)27-17-6-4-16(25)5-7-17/h4-9,14,19,21H,10-13,15H2,1-3H3,(H2,27,28,32). The number of carbonyl (C=O) groups excluding carboxylic acids is 2. The van der Waals surface area contributed by atoms with Gasteiger partial charge in [0.15, 0.2) is 0 Å². The molecule has 1 saturated carbocycles. The summed E-state index contributed by atoms with van der Waals surface area (Å²) >= 11 is 5.93. The molecular formula is C24H30ClN5O3. The predicted molar refractivity (Wildman–Crippen MR) is 128 cm³/mol. The molecule has 0 radical (unpaired) electrons. The van der Waals surface area contributed by atoms with Crippen molar-refractivity contribution in [3.8, 4) is 5.75 Å². The van der Waals surface area contributed by atoms with E-state index in [1.54, 1.807) is 56.6 Å². The number of ether oxygens (including phenoxy) is 1. The number of benzene rings is 1. The number of anilines is 1. The van der Waals surface area contributed by atoms with Gasteiger partial charge in [0.05, 0.1) is 13.3 Å². The molecule has 2 atom stereocenters. The van der Waals surface area contributed by atoms with Gasteiger partial charge in [0.25, 0.3) is 0 Å². The molecular weight excluding hydrogens is 442 g/mol. The van der Waals surface area contributed by atoms with Gasteiger partial charge in [0.1, 0.15) is 11.3 Å². The van der Waals surface area contributed by atoms with Crippen molar-refractivity contribution in [2.24, 2.45) is 0 Å². The summed E-state index contributed by atoms with van der Waals surface area (Å²) in [7, 11) is 5.22. The zero-order valence-electron chi connectivity index (χ0n) is 19.2. The van der Waals surface area contributed by atoms with Gasteiger partial charge < -0.3 is 20.3 Å². The number of hydrogen-bond acceptors (Lipinski definition) is 5. The predicted octanol–water partition coefficient (Wildman–Crippen LogP) is 3.34. The van der Waals surface area contributed by atoms with E-state index in [1.165, 1.54) is 0 Å². The maximum Gasteiger partial charge on any atom is 0.319 e. The molecule has 2 N–H and O–H groups in total. The summed E-state index contributed by atoms with van der Waals surface area (Å²) in [6, 6.07) is 10.4. The summed E-state index contributed by atoms with van der Waals surface area (Å²) in [4.78, 5) is 34.2. The largest absolute Gasteiger partial charge is 0.495 e. The smallest absolute Gasteiger partial charge is 0.319 e. The van der Waals surface area contributed by atoms with Crippen LogP contribution < -0.4 is 15.4 Å². The SMILES string of the molecule is COc1ccc(C2CN(C3(C(=O)N(C)C)CC3)CCC2NC(=O)Nc2ccc(Cl)cc2)nc1. The molecule has 0 spiro atoms. The fraction of sp³-hybridized carbons (Fsp3) is 0.458. The second kappa shape index (κ2) is 9.57. The van der Waals surface area contributed by atoms with Gasteiger partial charge in [-0.15, -0.1) is 0 Å². The number of likely N-dealkylation sites (tertiary alicyclic amines) is 1. The maximum atomic E-state index is 12.9. The van der Waals surface area contributed by atoms with Crippen LogP contribution in [0.3, 0.4) is 0 Å². The molecule has 1 aliphatic carbocycles. The number of halogens is 1. The third-order valence-electron chi connectivity index (χ3n) is 6.54. The van der Waals surface area contributed by atoms with Gasteiger partial charge in [-0.25, -0.2) is 4.79 Å². The number of hydrogen-bond donors (Lipinski definition) is 2. The normalized spacial score (nSPS) is 21.7. The number of likely N-dealkylation sites (N-methyl/N-ethyl adjacent to an activating group) is 1. The Labute approximate surface area is 199 Å². The molecule has 2 heterocycles. The average molecular weight is 472 g/mol. The quantitative estimate of drug-likeness (QED) is 0.674. The Bertz CT molecular complexity index is 992. The Kier molecular flexibility index (Phi) is 6.76. The van der Waals surface area contributed by atoms with Gasteiger partial charge in [-0.3, -0.25) is 14.7 Å². The summed E-state index contributed by atoms with van der Waals surface area (Å²) in [6.07, 6.45) is 4.13. The lowest BCUT2D eigenvalue weighted by molar-refractivity contribution is -0.137. The van der Waals surface area contributed by atoms with Gasteiger partial charge in [-0.05, 0) is 55.7 Å². The van der Waals surface area contributed by atoms with Gasteiger partial charge in [0, 0.05) is 55.5 Å². The Morgan fingerprint density at radius 3 is 2.48 bits per heavy atom. The van der Waals surface area contributed by atoms with E-state index in [4.69, 9.17) is 16.3 Å². The molecule has 176 valence electrons. The number of amides is 3. The third kappa shape index (κ3) is 5.07. The Balaban J connectivity index is 1.52. The van der Waals surface area contributed by atoms with Crippen molar-refractivity contribution >= 4 is 29.2 Å². The van der Waals surface area contributed by atoms with Crippen molar-refractivity contribution in [1.29, 1.82) is 0 Å². The van der Waals surface area contributed by atoms with E-state index in [9.17, 15) is 9.59 Å². The van der Waals surface area contributed by atoms with Crippen LogP contribution in [0, 0.1) is 0 Å². The molecule has 2 unspecified atom stereocenters. The molecule has 1 aromatic heterocycles. The number of piperidine rings is 1. The molecule has 9 heteroatoms. The summed E-state index contributed by atoms with van der Waals surface area (Å²) in [5.41, 5.74) is 1.11. The number of aromatic nitrogens is 1. The lowest BCUT2D eigenvalue weighted by Gasteiger charge is -2.42. The summed E-state index contributed by atoms with van der Waals surface area (Å²) in [5.74, 6) is 0.766. The van der Waals surface area contributed by atoms with Gasteiger partial charge in [-0.1, -0.05) is 11.6 Å². The summed E-state index contributed by atoms with van der Waals surface area (Å²) in [6.45, 7) is 1.38. The van der Waals surface area contributed by atoms with Crippen LogP contribution >= 0.6 is 11.6 Å². The van der Waals surface area contributed by atoms with Crippen LogP contribution in [0.5, 0.6) is 5.75 Å². The van der Waals surface area contributed by atoms with Gasteiger partial charge >= 0.3 is 6.03 Å². The fourth-order valence-electron chi connectivity index (χ4n) is 4.61. The molecule has 0 bridgehead atoms. The topological polar surface area (TPSA) is 86.8 Å². The highest BCUT2D eigenvalue weighted by molar-refractivity contribution is 6.30. The number of pyridine rings is 1. The molecule has 3 amide bonds. The number of rotatable bonds is 6. The van der Waals surface area contributed by atoms with Crippen LogP contribution in [0.1, 0.15) is 30.9 Å². The Hall–Kier alpha value is -2.84. The highest BCUT2D eigenvalue weighted by Crippen LogP contribution is 2.46. The second-order valence-corrected chi connectivity index (χ2v) is 9.34. The first-order valence-electron chi connectivity index (χ1n) is 11.1. The Morgan fingerprint density at radius 2 is 1.91 bits per heavy atom. The number of carbonyl (C=O) groups is 2. The molecule has 1 aromatic carbocycles. The zero-order valence-corrected chi connectivity index (χ0v) is 19.9. The summed E-state index contributed by atoms with van der Waals surface area (Å²) in [5, 5.41) is 6.61. The van der Waals surface area contributed by atoms with Crippen LogP contribution in [0.4, 0.5) is 10.5 Å². The molecule has 8 nitrogen and oxygen atoms in total. The Morgan fingerprint density at radius 1 is 1.18 bits per heavy atom. The van der Waals surface area contributed by atoms with E-state index in [1.807, 2.05) is 12.1 Å². The monoisotopic (exact) mass is 471 g/mol. The minimum Gasteiger partial charge on any atom is -0.495 e. The van der Waals surface area contributed by atoms with Crippen LogP contribution in [0.2, 0.25) is 5.02 Å². The number of nitrogens with one attached hydrogen (secondary N) is 2. The zero-order chi connectivity index (χ0) is 23.6. The van der Waals surface area contributed by atoms with Crippen LogP contribution in [-0.2, 0) is 4.79 Å². The first-order valence-corrected chi connectivity index (χ1v) is 11.5. The lowest BCUT2D eigenvalue weighted by atomic mass is 9.87. The molecule has 4 rings (SSSR count). The van der Waals surface area contributed by atoms with Gasteiger partial charge in [-0.2, -0.15) is 0 Å². The number of nitrogens with zero attached hydrogens (tertiary/aromatic N) is 3. The third-order valence-corrected chi connectivity index (χ3v) is 6.79. The van der Waals surface area contributed by atoms with Crippen LogP contribution in [-0.4, -0.2) is 72.6 Å². The van der Waals surface area contributed by atoms with E-state index in [0.717, 1.165) is 31.5 Å². The molecule has 1 saturated heterocycles. The first kappa shape index (κ1) is 23.3. The lowest BCUT2D eigenvalue weighted by Crippen LogP contribution is -2.57. The molecule has 2 aliphatic rings. The molecule has 33 heavy (non-hydrogen) atoms. The average Bonchev–Trinajstić information content (AvgIpc) is 3.62. The first-order chi connectivity index (χ1) is 15.8. The van der Waals surface area contributed by atoms with Crippen molar-refractivity contribution in [2.75, 3.05) is 39.6 Å². The molecule has 2 fully saturated rings. The second-order valence-electron chi connectivity index (χ2n) is 8.91. The van der Waals surface area contributed by atoms with Crippen molar-refractivity contribution < 1.29 is 14.3 Å². The van der Waals surface area contributed by atoms with Crippen molar-refractivity contribution in [3.63, 3.8) is 0 Å². The van der Waals surface area contributed by atoms with E-state index < -0.39 is 5.54 Å². The minimum atomic E-state index is -0.426. The van der Waals surface area contributed by atoms with Crippen molar-refractivity contribution in [3.05, 3.63) is 53.3 Å². The molecule has 2 aromatic rings. The van der Waals surface area contributed by atoms with E-state index in [-0.39, 0.29) is 23.9 Å². The van der Waals surface area contributed by atoms with Crippen molar-refractivity contribution in [2.45, 2.75) is 36.8 Å². The van der Waals surface area contributed by atoms with Gasteiger partial charge in [0.2, 0.25) is 5.91 Å². The number of methoxy groups -OCH3 is 1. The van der Waals surface area contributed by atoms with E-state index in [2.05, 4.69) is 20.5 Å². The van der Waals surface area contributed by atoms with Crippen LogP contribution in [0.15, 0.2) is 42.6 Å². The summed E-state index contributed by atoms with van der Waals surface area (Å²) < 4.78 is 5.25. The highest BCUT2D eigenvalue weighted by Gasteiger charge is 2.56. The minimum absolute atomic E-state index is 0.0620. The highest BCUT2D eigenvalue weighted by atomic mass is 35.5. The number of urea groups is 1. The molecule has 1 aliphatic heterocycles. The van der Waals surface area contributed by atoms with E-state index >= 15 is 0 Å². The van der Waals surface area contributed by atoms with Crippen molar-refractivity contribution in [1.82, 2.24) is 20.1 Å².